The first-order valence-corrected chi connectivity index (χ1v) is 4.67. The maximum atomic E-state index is 5.93. The summed E-state index contributed by atoms with van der Waals surface area (Å²) < 4.78 is 4.98. The zero-order valence-electron chi connectivity index (χ0n) is 8.25. The Morgan fingerprint density at radius 3 is 3.00 bits per heavy atom. The summed E-state index contributed by atoms with van der Waals surface area (Å²) in [7, 11) is 1.65. The van der Waals surface area contributed by atoms with E-state index in [0.29, 0.717) is 23.1 Å². The van der Waals surface area contributed by atoms with Crippen LogP contribution in [0.1, 0.15) is 6.92 Å². The summed E-state index contributed by atoms with van der Waals surface area (Å²) in [6.45, 7) is 2.58. The summed E-state index contributed by atoms with van der Waals surface area (Å²) in [5, 5.41) is 3.64. The molecule has 0 fully saturated rings. The van der Waals surface area contributed by atoms with Crippen LogP contribution in [0, 0.1) is 0 Å². The number of methoxy groups -OCH3 is 1. The molecule has 5 heteroatoms. The molecule has 0 saturated carbocycles. The van der Waals surface area contributed by atoms with Crippen molar-refractivity contribution < 1.29 is 4.74 Å². The van der Waals surface area contributed by atoms with Crippen molar-refractivity contribution in [3.63, 3.8) is 0 Å². The van der Waals surface area contributed by atoms with Gasteiger partial charge in [0.2, 0.25) is 0 Å². The van der Waals surface area contributed by atoms with E-state index in [1.807, 2.05) is 6.92 Å². The number of rotatable bonds is 4. The number of halogens is 1. The molecule has 78 valence electrons. The second kappa shape index (κ2) is 5.02. The Balaban J connectivity index is 2.67. The topological polar surface area (TPSA) is 60.2 Å². The molecule has 0 amide bonds. The van der Waals surface area contributed by atoms with E-state index >= 15 is 0 Å². The standard InChI is InChI=1S/C9H14ClN3O/c1-6(5-14-2)13-9-8(10)3-7(11)4-12-9/h3-4,6H,5,11H2,1-2H3,(H,12,13). The summed E-state index contributed by atoms with van der Waals surface area (Å²) in [4.78, 5) is 4.08. The van der Waals surface area contributed by atoms with Crippen LogP contribution >= 0.6 is 11.6 Å². The lowest BCUT2D eigenvalue weighted by molar-refractivity contribution is 0.190. The van der Waals surface area contributed by atoms with E-state index in [0.717, 1.165) is 0 Å². The average Bonchev–Trinajstić information content (AvgIpc) is 2.10. The molecule has 1 aromatic rings. The van der Waals surface area contributed by atoms with E-state index in [2.05, 4.69) is 10.3 Å². The van der Waals surface area contributed by atoms with Gasteiger partial charge in [0.05, 0.1) is 23.5 Å². The molecule has 0 radical (unpaired) electrons. The van der Waals surface area contributed by atoms with Crippen LogP contribution in [0.15, 0.2) is 12.3 Å². The van der Waals surface area contributed by atoms with Gasteiger partial charge in [-0.1, -0.05) is 11.6 Å². The fourth-order valence-electron chi connectivity index (χ4n) is 1.08. The van der Waals surface area contributed by atoms with Gasteiger partial charge in [-0.3, -0.25) is 0 Å². The predicted molar refractivity (Wildman–Crippen MR) is 58.6 cm³/mol. The molecular formula is C9H14ClN3O. The summed E-state index contributed by atoms with van der Waals surface area (Å²) in [6, 6.07) is 1.82. The van der Waals surface area contributed by atoms with Crippen LogP contribution in [0.5, 0.6) is 0 Å². The highest BCUT2D eigenvalue weighted by atomic mass is 35.5. The number of nitrogens with two attached hydrogens (primary N) is 1. The smallest absolute Gasteiger partial charge is 0.145 e. The number of nitrogen functional groups attached to an aromatic ring is 1. The molecule has 14 heavy (non-hydrogen) atoms. The number of nitrogens with zero attached hydrogens (tertiary/aromatic N) is 1. The number of pyridine rings is 1. The SMILES string of the molecule is COCC(C)Nc1ncc(N)cc1Cl. The maximum Gasteiger partial charge on any atom is 0.145 e. The maximum absolute atomic E-state index is 5.93. The van der Waals surface area contributed by atoms with Crippen molar-refractivity contribution >= 4 is 23.1 Å². The minimum atomic E-state index is 0.161. The fourth-order valence-corrected chi connectivity index (χ4v) is 1.31. The number of ether oxygens (including phenoxy) is 1. The molecule has 1 unspecified atom stereocenters. The van der Waals surface area contributed by atoms with Crippen molar-refractivity contribution in [1.82, 2.24) is 4.98 Å². The van der Waals surface area contributed by atoms with Gasteiger partial charge in [-0.05, 0) is 13.0 Å². The number of hydrogen-bond acceptors (Lipinski definition) is 4. The lowest BCUT2D eigenvalue weighted by atomic mass is 10.3. The first-order valence-electron chi connectivity index (χ1n) is 4.30. The van der Waals surface area contributed by atoms with Gasteiger partial charge < -0.3 is 15.8 Å². The van der Waals surface area contributed by atoms with Gasteiger partial charge in [0, 0.05) is 13.2 Å². The van der Waals surface area contributed by atoms with Crippen LogP contribution < -0.4 is 11.1 Å². The van der Waals surface area contributed by atoms with Gasteiger partial charge in [-0.2, -0.15) is 0 Å². The van der Waals surface area contributed by atoms with Crippen molar-refractivity contribution in [3.8, 4) is 0 Å². The normalized spacial score (nSPS) is 12.5. The lowest BCUT2D eigenvalue weighted by Crippen LogP contribution is -2.21. The first kappa shape index (κ1) is 11.1. The molecule has 0 spiro atoms. The minimum Gasteiger partial charge on any atom is -0.397 e. The number of aromatic nitrogens is 1. The van der Waals surface area contributed by atoms with E-state index in [9.17, 15) is 0 Å². The van der Waals surface area contributed by atoms with Crippen molar-refractivity contribution in [3.05, 3.63) is 17.3 Å². The van der Waals surface area contributed by atoms with Gasteiger partial charge in [0.1, 0.15) is 5.82 Å². The number of anilines is 2. The summed E-state index contributed by atoms with van der Waals surface area (Å²) in [5.41, 5.74) is 6.07. The Labute approximate surface area is 88.4 Å². The Morgan fingerprint density at radius 2 is 2.43 bits per heavy atom. The molecule has 1 aromatic heterocycles. The largest absolute Gasteiger partial charge is 0.397 e. The summed E-state index contributed by atoms with van der Waals surface area (Å²) in [5.74, 6) is 0.630. The van der Waals surface area contributed by atoms with Crippen LogP contribution in [0.4, 0.5) is 11.5 Å². The van der Waals surface area contributed by atoms with Crippen LogP contribution in [0.2, 0.25) is 5.02 Å². The van der Waals surface area contributed by atoms with Gasteiger partial charge >= 0.3 is 0 Å². The van der Waals surface area contributed by atoms with Gasteiger partial charge in [0.15, 0.2) is 0 Å². The molecule has 0 aromatic carbocycles. The fraction of sp³-hybridized carbons (Fsp3) is 0.444. The zero-order valence-corrected chi connectivity index (χ0v) is 9.01. The Kier molecular flexibility index (Phi) is 3.98. The van der Waals surface area contributed by atoms with E-state index in [1.165, 1.54) is 0 Å². The molecule has 0 saturated heterocycles. The first-order chi connectivity index (χ1) is 6.63. The summed E-state index contributed by atoms with van der Waals surface area (Å²) in [6.07, 6.45) is 1.56. The highest BCUT2D eigenvalue weighted by molar-refractivity contribution is 6.33. The van der Waals surface area contributed by atoms with E-state index < -0.39 is 0 Å². The molecule has 0 aliphatic rings. The van der Waals surface area contributed by atoms with E-state index in [1.54, 1.807) is 19.4 Å². The number of hydrogen-bond donors (Lipinski definition) is 2. The van der Waals surface area contributed by atoms with Crippen LogP contribution in [0.25, 0.3) is 0 Å². The van der Waals surface area contributed by atoms with Crippen molar-refractivity contribution in [1.29, 1.82) is 0 Å². The van der Waals surface area contributed by atoms with E-state index in [4.69, 9.17) is 22.1 Å². The molecule has 4 nitrogen and oxygen atoms in total. The molecule has 0 aliphatic carbocycles. The van der Waals surface area contributed by atoms with Crippen LogP contribution in [-0.4, -0.2) is 24.7 Å². The molecular weight excluding hydrogens is 202 g/mol. The second-order valence-electron chi connectivity index (χ2n) is 3.10. The van der Waals surface area contributed by atoms with Crippen molar-refractivity contribution in [2.75, 3.05) is 24.8 Å². The van der Waals surface area contributed by atoms with E-state index in [-0.39, 0.29) is 6.04 Å². The molecule has 0 bridgehead atoms. The summed E-state index contributed by atoms with van der Waals surface area (Å²) >= 11 is 5.93. The number of nitrogens with one attached hydrogen (secondary N) is 1. The highest BCUT2D eigenvalue weighted by Gasteiger charge is 2.06. The molecule has 1 atom stereocenters. The van der Waals surface area contributed by atoms with Crippen LogP contribution in [-0.2, 0) is 4.74 Å². The van der Waals surface area contributed by atoms with Gasteiger partial charge in [0.25, 0.3) is 0 Å². The minimum absolute atomic E-state index is 0.161. The molecule has 0 aliphatic heterocycles. The lowest BCUT2D eigenvalue weighted by Gasteiger charge is -2.14. The molecule has 1 rings (SSSR count). The third kappa shape index (κ3) is 3.05. The quantitative estimate of drug-likeness (QED) is 0.804. The predicted octanol–water partition coefficient (Wildman–Crippen LogP) is 1.76. The average molecular weight is 216 g/mol. The monoisotopic (exact) mass is 215 g/mol. The Bertz CT molecular complexity index is 306. The van der Waals surface area contributed by atoms with Crippen molar-refractivity contribution in [2.24, 2.45) is 0 Å². The third-order valence-corrected chi connectivity index (χ3v) is 1.95. The molecule has 3 N–H and O–H groups in total. The van der Waals surface area contributed by atoms with Gasteiger partial charge in [-0.25, -0.2) is 4.98 Å². The highest BCUT2D eigenvalue weighted by Crippen LogP contribution is 2.21. The Hall–Kier alpha value is -1.00. The molecule has 1 heterocycles. The van der Waals surface area contributed by atoms with Crippen molar-refractivity contribution in [2.45, 2.75) is 13.0 Å². The third-order valence-electron chi connectivity index (χ3n) is 1.66. The van der Waals surface area contributed by atoms with Crippen LogP contribution in [0.3, 0.4) is 0 Å². The van der Waals surface area contributed by atoms with Gasteiger partial charge in [-0.15, -0.1) is 0 Å². The zero-order chi connectivity index (χ0) is 10.6. The second-order valence-corrected chi connectivity index (χ2v) is 3.51. The Morgan fingerprint density at radius 1 is 1.71 bits per heavy atom.